The van der Waals surface area contributed by atoms with Gasteiger partial charge in [0.15, 0.2) is 11.5 Å². The molecule has 5 rings (SSSR count). The van der Waals surface area contributed by atoms with E-state index in [0.29, 0.717) is 36.2 Å². The van der Waals surface area contributed by atoms with Crippen LogP contribution in [0.3, 0.4) is 0 Å². The Hall–Kier alpha value is -3.59. The van der Waals surface area contributed by atoms with Gasteiger partial charge in [0.25, 0.3) is 5.91 Å². The second kappa shape index (κ2) is 11.0. The Morgan fingerprint density at radius 3 is 2.61 bits per heavy atom. The number of aryl methyl sites for hydroxylation is 1. The number of carbonyl (C=O) groups is 2. The molecule has 3 aromatic rings. The van der Waals surface area contributed by atoms with Crippen molar-refractivity contribution in [2.75, 3.05) is 32.2 Å². The molecular formula is C29H36ClN7O4. The third-order valence-electron chi connectivity index (χ3n) is 7.21. The molecule has 0 bridgehead atoms. The monoisotopic (exact) mass is 581 g/mol. The lowest BCUT2D eigenvalue weighted by Crippen LogP contribution is -2.37. The fourth-order valence-electron chi connectivity index (χ4n) is 5.30. The first-order valence-corrected chi connectivity index (χ1v) is 14.1. The number of benzene rings is 1. The van der Waals surface area contributed by atoms with Crippen LogP contribution in [0, 0.1) is 18.8 Å². The SMILES string of the molecule is COC[C@H]1C[C@H](n2nc(C#Cc3cc4nc(C)n(C5CC5)c4cc3Cl)c(C(N)=O)c2N(C)C(=O)OC(C)(C)C)CN1. The van der Waals surface area contributed by atoms with Gasteiger partial charge < -0.3 is 25.1 Å². The summed E-state index contributed by atoms with van der Waals surface area (Å²) in [4.78, 5) is 32.0. The van der Waals surface area contributed by atoms with E-state index in [1.165, 1.54) is 11.9 Å². The highest BCUT2D eigenvalue weighted by Gasteiger charge is 2.35. The van der Waals surface area contributed by atoms with Crippen molar-refractivity contribution < 1.29 is 19.1 Å². The topological polar surface area (TPSA) is 130 Å². The van der Waals surface area contributed by atoms with Crippen LogP contribution in [0.2, 0.25) is 5.02 Å². The average Bonchev–Trinajstić information content (AvgIpc) is 3.34. The van der Waals surface area contributed by atoms with Crippen LogP contribution in [0.4, 0.5) is 10.6 Å². The summed E-state index contributed by atoms with van der Waals surface area (Å²) < 4.78 is 14.8. The number of hydrogen-bond acceptors (Lipinski definition) is 7. The standard InChI is InChI=1S/C29H36ClN7O4/c1-16-33-23-11-17(21(30)13-24(23)36(16)19-8-9-19)7-10-22-25(26(31)38)27(35(5)28(39)41-29(2,3)4)37(34-22)20-12-18(15-40-6)32-14-20/h11,13,18-20,32H,8-9,12,14-15H2,1-6H3,(H2,31,38)/t18-,20+/m1/s1. The largest absolute Gasteiger partial charge is 0.443 e. The van der Waals surface area contributed by atoms with Gasteiger partial charge in [-0.15, -0.1) is 0 Å². The Balaban J connectivity index is 1.58. The second-order valence-corrected chi connectivity index (χ2v) is 12.1. The summed E-state index contributed by atoms with van der Waals surface area (Å²) in [5, 5.41) is 8.59. The highest BCUT2D eigenvalue weighted by molar-refractivity contribution is 6.32. The highest BCUT2D eigenvalue weighted by Crippen LogP contribution is 2.39. The molecule has 218 valence electrons. The molecule has 0 spiro atoms. The number of nitrogens with zero attached hydrogens (tertiary/aromatic N) is 5. The number of anilines is 1. The number of nitrogens with two attached hydrogens (primary N) is 1. The summed E-state index contributed by atoms with van der Waals surface area (Å²) in [6.07, 6.45) is 2.29. The van der Waals surface area contributed by atoms with Crippen molar-refractivity contribution in [1.29, 1.82) is 0 Å². The second-order valence-electron chi connectivity index (χ2n) is 11.7. The fraction of sp³-hybridized carbons (Fsp3) is 0.517. The minimum absolute atomic E-state index is 0.0344. The van der Waals surface area contributed by atoms with Crippen molar-refractivity contribution in [3.63, 3.8) is 0 Å². The van der Waals surface area contributed by atoms with E-state index in [1.54, 1.807) is 32.6 Å². The van der Waals surface area contributed by atoms with E-state index in [-0.39, 0.29) is 29.2 Å². The molecule has 2 atom stereocenters. The van der Waals surface area contributed by atoms with Gasteiger partial charge in [-0.3, -0.25) is 9.69 Å². The molecule has 1 aliphatic heterocycles. The molecule has 3 heterocycles. The number of imidazole rings is 1. The molecule has 1 aliphatic carbocycles. The van der Waals surface area contributed by atoms with Crippen LogP contribution in [0.25, 0.3) is 11.0 Å². The number of halogens is 1. The smallest absolute Gasteiger partial charge is 0.415 e. The first-order valence-electron chi connectivity index (χ1n) is 13.7. The Bertz CT molecular complexity index is 1570. The number of primary amides is 1. The van der Waals surface area contributed by atoms with Crippen molar-refractivity contribution in [2.24, 2.45) is 5.73 Å². The zero-order chi connectivity index (χ0) is 29.6. The zero-order valence-electron chi connectivity index (χ0n) is 24.2. The van der Waals surface area contributed by atoms with E-state index in [9.17, 15) is 9.59 Å². The van der Waals surface area contributed by atoms with E-state index in [0.717, 1.165) is 29.7 Å². The minimum atomic E-state index is -0.759. The molecule has 2 amide bonds. The minimum Gasteiger partial charge on any atom is -0.443 e. The lowest BCUT2D eigenvalue weighted by atomic mass is 10.1. The lowest BCUT2D eigenvalue weighted by molar-refractivity contribution is 0.0586. The first kappa shape index (κ1) is 28.9. The summed E-state index contributed by atoms with van der Waals surface area (Å²) in [5.74, 6) is 6.48. The molecule has 2 aromatic heterocycles. The van der Waals surface area contributed by atoms with Gasteiger partial charge in [0.05, 0.1) is 28.7 Å². The van der Waals surface area contributed by atoms with Crippen LogP contribution in [0.1, 0.15) is 79.6 Å². The van der Waals surface area contributed by atoms with Gasteiger partial charge in [-0.1, -0.05) is 17.5 Å². The van der Waals surface area contributed by atoms with Gasteiger partial charge in [-0.2, -0.15) is 5.10 Å². The Labute approximate surface area is 244 Å². The number of nitrogens with one attached hydrogen (secondary N) is 1. The molecule has 2 fully saturated rings. The predicted octanol–water partition coefficient (Wildman–Crippen LogP) is 3.95. The van der Waals surface area contributed by atoms with Gasteiger partial charge in [-0.05, 0) is 65.0 Å². The van der Waals surface area contributed by atoms with E-state index < -0.39 is 17.6 Å². The number of ether oxygens (including phenoxy) is 2. The highest BCUT2D eigenvalue weighted by atomic mass is 35.5. The van der Waals surface area contributed by atoms with E-state index in [2.05, 4.69) is 21.7 Å². The third kappa shape index (κ3) is 5.91. The van der Waals surface area contributed by atoms with Crippen LogP contribution < -0.4 is 16.0 Å². The maximum absolute atomic E-state index is 13.1. The number of carbonyl (C=O) groups excluding carboxylic acids is 2. The average molecular weight is 582 g/mol. The quantitative estimate of drug-likeness (QED) is 0.422. The van der Waals surface area contributed by atoms with E-state index >= 15 is 0 Å². The summed E-state index contributed by atoms with van der Waals surface area (Å²) in [5.41, 5.74) is 7.64. The Kier molecular flexibility index (Phi) is 7.76. The molecule has 0 radical (unpaired) electrons. The number of methoxy groups -OCH3 is 1. The van der Waals surface area contributed by atoms with Gasteiger partial charge in [-0.25, -0.2) is 14.5 Å². The summed E-state index contributed by atoms with van der Waals surface area (Å²) >= 11 is 6.67. The van der Waals surface area contributed by atoms with Crippen molar-refractivity contribution in [1.82, 2.24) is 24.6 Å². The maximum Gasteiger partial charge on any atom is 0.415 e. The van der Waals surface area contributed by atoms with Gasteiger partial charge in [0.1, 0.15) is 17.0 Å². The van der Waals surface area contributed by atoms with E-state index in [1.807, 2.05) is 19.1 Å². The number of amides is 2. The Morgan fingerprint density at radius 2 is 1.98 bits per heavy atom. The molecule has 41 heavy (non-hydrogen) atoms. The van der Waals surface area contributed by atoms with Gasteiger partial charge in [0, 0.05) is 38.3 Å². The Morgan fingerprint density at radius 1 is 1.24 bits per heavy atom. The van der Waals surface area contributed by atoms with Crippen LogP contribution in [0.15, 0.2) is 12.1 Å². The number of rotatable bonds is 6. The van der Waals surface area contributed by atoms with Crippen molar-refractivity contribution >= 4 is 40.5 Å². The fourth-order valence-corrected chi connectivity index (χ4v) is 5.50. The summed E-state index contributed by atoms with van der Waals surface area (Å²) in [6, 6.07) is 4.10. The first-order chi connectivity index (χ1) is 19.4. The molecule has 1 saturated carbocycles. The summed E-state index contributed by atoms with van der Waals surface area (Å²) in [7, 11) is 3.17. The predicted molar refractivity (Wildman–Crippen MR) is 156 cm³/mol. The van der Waals surface area contributed by atoms with Crippen molar-refractivity contribution in [3.8, 4) is 11.8 Å². The van der Waals surface area contributed by atoms with Crippen LogP contribution in [-0.2, 0) is 9.47 Å². The van der Waals surface area contributed by atoms with Crippen molar-refractivity contribution in [3.05, 3.63) is 39.8 Å². The molecule has 11 nitrogen and oxygen atoms in total. The molecule has 1 aromatic carbocycles. The summed E-state index contributed by atoms with van der Waals surface area (Å²) in [6.45, 7) is 8.37. The van der Waals surface area contributed by atoms with Gasteiger partial charge in [0.2, 0.25) is 0 Å². The van der Waals surface area contributed by atoms with Crippen LogP contribution >= 0.6 is 11.6 Å². The molecule has 12 heteroatoms. The third-order valence-corrected chi connectivity index (χ3v) is 7.52. The molecular weight excluding hydrogens is 546 g/mol. The number of fused-ring (bicyclic) bond motifs is 1. The number of hydrogen-bond donors (Lipinski definition) is 2. The van der Waals surface area contributed by atoms with Crippen molar-refractivity contribution in [2.45, 2.75) is 70.7 Å². The van der Waals surface area contributed by atoms with Crippen LogP contribution in [0.5, 0.6) is 0 Å². The van der Waals surface area contributed by atoms with E-state index in [4.69, 9.17) is 36.9 Å². The zero-order valence-corrected chi connectivity index (χ0v) is 25.0. The van der Waals surface area contributed by atoms with Gasteiger partial charge >= 0.3 is 6.09 Å². The lowest BCUT2D eigenvalue weighted by Gasteiger charge is -2.26. The maximum atomic E-state index is 13.1. The molecule has 3 N–H and O–H groups in total. The number of aromatic nitrogens is 4. The molecule has 0 unspecified atom stereocenters. The molecule has 1 saturated heterocycles. The normalized spacial score (nSPS) is 18.8. The molecule has 2 aliphatic rings. The van der Waals surface area contributed by atoms with Crippen LogP contribution in [-0.4, -0.2) is 70.3 Å².